The molecule has 2 fully saturated rings. The van der Waals surface area contributed by atoms with Gasteiger partial charge in [-0.2, -0.15) is 4.31 Å². The number of methoxy groups -OCH3 is 1. The van der Waals surface area contributed by atoms with Gasteiger partial charge in [0, 0.05) is 39.3 Å². The summed E-state index contributed by atoms with van der Waals surface area (Å²) in [5.74, 6) is 0.192. The van der Waals surface area contributed by atoms with Gasteiger partial charge >= 0.3 is 0 Å². The number of hydrogen-bond donors (Lipinski definition) is 1. The Morgan fingerprint density at radius 3 is 2.41 bits per heavy atom. The van der Waals surface area contributed by atoms with Crippen LogP contribution in [0.3, 0.4) is 0 Å². The Hall–Kier alpha value is -1.68. The van der Waals surface area contributed by atoms with Crippen LogP contribution in [0.2, 0.25) is 0 Å². The van der Waals surface area contributed by atoms with Crippen LogP contribution in [-0.4, -0.2) is 82.0 Å². The van der Waals surface area contributed by atoms with Crippen LogP contribution < -0.4 is 10.2 Å². The summed E-state index contributed by atoms with van der Waals surface area (Å²) in [6.45, 7) is 4.03. The van der Waals surface area contributed by atoms with E-state index in [1.54, 1.807) is 24.3 Å². The first kappa shape index (κ1) is 20.1. The lowest BCUT2D eigenvalue weighted by molar-refractivity contribution is -0.131. The van der Waals surface area contributed by atoms with E-state index in [2.05, 4.69) is 17.4 Å². The highest BCUT2D eigenvalue weighted by molar-refractivity contribution is 7.89. The van der Waals surface area contributed by atoms with Gasteiger partial charge in [0.15, 0.2) is 0 Å². The Bertz CT molecular complexity index is 745. The molecule has 1 aromatic carbocycles. The lowest BCUT2D eigenvalue weighted by Crippen LogP contribution is -2.55. The number of carbonyl (C=O) groups is 1. The normalized spacial score (nSPS) is 23.1. The highest BCUT2D eigenvalue weighted by Gasteiger charge is 2.34. The molecule has 2 aliphatic heterocycles. The third-order valence-corrected chi connectivity index (χ3v) is 7.10. The molecule has 150 valence electrons. The Balaban J connectivity index is 1.63. The van der Waals surface area contributed by atoms with Crippen molar-refractivity contribution in [2.24, 2.45) is 5.92 Å². The molecule has 0 radical (unpaired) electrons. The molecule has 2 saturated heterocycles. The number of likely N-dealkylation sites (N-methyl/N-ethyl adjacent to an activating group) is 1. The molecule has 0 saturated carbocycles. The predicted octanol–water partition coefficient (Wildman–Crippen LogP) is 0.375. The van der Waals surface area contributed by atoms with E-state index in [0.29, 0.717) is 25.1 Å². The van der Waals surface area contributed by atoms with Gasteiger partial charge in [-0.3, -0.25) is 10.2 Å². The molecule has 27 heavy (non-hydrogen) atoms. The summed E-state index contributed by atoms with van der Waals surface area (Å²) in [5, 5.41) is 1.93. The Kier molecular flexibility index (Phi) is 6.36. The van der Waals surface area contributed by atoms with E-state index >= 15 is 0 Å². The number of piperazine rings is 1. The third-order valence-electron chi connectivity index (χ3n) is 5.22. The zero-order chi connectivity index (χ0) is 19.4. The van der Waals surface area contributed by atoms with Crippen molar-refractivity contribution in [2.45, 2.75) is 17.7 Å². The molecule has 8 nitrogen and oxygen atoms in total. The van der Waals surface area contributed by atoms with Crippen LogP contribution in [-0.2, 0) is 14.8 Å². The quantitative estimate of drug-likeness (QED) is 0.775. The molecule has 0 bridgehead atoms. The van der Waals surface area contributed by atoms with E-state index in [4.69, 9.17) is 4.74 Å². The van der Waals surface area contributed by atoms with E-state index < -0.39 is 10.0 Å². The van der Waals surface area contributed by atoms with Gasteiger partial charge < -0.3 is 9.64 Å². The number of hydrogen-bond acceptors (Lipinski definition) is 6. The Morgan fingerprint density at radius 2 is 1.78 bits per heavy atom. The second-order valence-corrected chi connectivity index (χ2v) is 9.08. The molecule has 2 heterocycles. The number of ether oxygens (including phenoxy) is 1. The van der Waals surface area contributed by atoms with Crippen LogP contribution >= 0.6 is 0 Å². The minimum absolute atomic E-state index is 0.0887. The highest BCUT2D eigenvalue weighted by Crippen LogP contribution is 2.25. The number of nitrogens with zero attached hydrogens (tertiary/aromatic N) is 3. The molecule has 1 atom stereocenters. The second-order valence-electron chi connectivity index (χ2n) is 7.14. The van der Waals surface area contributed by atoms with E-state index in [1.807, 2.05) is 5.01 Å². The molecule has 1 aromatic rings. The van der Waals surface area contributed by atoms with Crippen molar-refractivity contribution in [3.63, 3.8) is 0 Å². The number of benzene rings is 1. The zero-order valence-corrected chi connectivity index (χ0v) is 16.7. The lowest BCUT2D eigenvalue weighted by Gasteiger charge is -2.35. The Morgan fingerprint density at radius 1 is 1.11 bits per heavy atom. The molecule has 1 N–H and O–H groups in total. The van der Waals surface area contributed by atoms with E-state index in [1.165, 1.54) is 11.4 Å². The molecular weight excluding hydrogens is 368 g/mol. The summed E-state index contributed by atoms with van der Waals surface area (Å²) in [5.41, 5.74) is 2.97. The Labute approximate surface area is 161 Å². The van der Waals surface area contributed by atoms with Crippen LogP contribution in [0.5, 0.6) is 5.75 Å². The van der Waals surface area contributed by atoms with Crippen molar-refractivity contribution >= 4 is 15.9 Å². The van der Waals surface area contributed by atoms with Crippen molar-refractivity contribution in [3.05, 3.63) is 24.3 Å². The van der Waals surface area contributed by atoms with Gasteiger partial charge in [0.2, 0.25) is 15.9 Å². The molecule has 0 spiro atoms. The first-order valence-corrected chi connectivity index (χ1v) is 10.7. The maximum Gasteiger partial charge on any atom is 0.243 e. The van der Waals surface area contributed by atoms with Gasteiger partial charge in [0.05, 0.1) is 17.9 Å². The highest BCUT2D eigenvalue weighted by atomic mass is 32.2. The van der Waals surface area contributed by atoms with Crippen LogP contribution in [0.15, 0.2) is 29.2 Å². The van der Waals surface area contributed by atoms with E-state index in [0.717, 1.165) is 26.2 Å². The molecule has 0 unspecified atom stereocenters. The van der Waals surface area contributed by atoms with Gasteiger partial charge in [-0.25, -0.2) is 13.4 Å². The number of hydrazine groups is 1. The van der Waals surface area contributed by atoms with Gasteiger partial charge in [0.1, 0.15) is 5.75 Å². The number of piperidine rings is 1. The molecule has 2 aliphatic rings. The zero-order valence-electron chi connectivity index (χ0n) is 15.9. The molecule has 0 aromatic heterocycles. The maximum atomic E-state index is 12.9. The van der Waals surface area contributed by atoms with Crippen molar-refractivity contribution in [1.29, 1.82) is 0 Å². The van der Waals surface area contributed by atoms with Gasteiger partial charge in [-0.1, -0.05) is 0 Å². The van der Waals surface area contributed by atoms with Gasteiger partial charge in [0.25, 0.3) is 0 Å². The topological polar surface area (TPSA) is 82.2 Å². The fourth-order valence-corrected chi connectivity index (χ4v) is 4.96. The van der Waals surface area contributed by atoms with Crippen molar-refractivity contribution in [1.82, 2.24) is 19.6 Å². The molecule has 3 rings (SSSR count). The van der Waals surface area contributed by atoms with E-state index in [9.17, 15) is 13.2 Å². The second kappa shape index (κ2) is 8.55. The van der Waals surface area contributed by atoms with Gasteiger partial charge in [-0.15, -0.1) is 0 Å². The van der Waals surface area contributed by atoms with Crippen molar-refractivity contribution < 1.29 is 17.9 Å². The summed E-state index contributed by atoms with van der Waals surface area (Å²) < 4.78 is 32.3. The molecule has 9 heteroatoms. The number of nitrogens with one attached hydrogen (secondary N) is 1. The first-order chi connectivity index (χ1) is 12.9. The van der Waals surface area contributed by atoms with E-state index in [-0.39, 0.29) is 23.3 Å². The first-order valence-electron chi connectivity index (χ1n) is 9.28. The van der Waals surface area contributed by atoms with Crippen LogP contribution in [0.1, 0.15) is 12.8 Å². The fraction of sp³-hybridized carbons (Fsp3) is 0.611. The number of sulfonamides is 1. The summed E-state index contributed by atoms with van der Waals surface area (Å²) in [7, 11) is -0.0192. The molecule has 1 amide bonds. The largest absolute Gasteiger partial charge is 0.497 e. The summed E-state index contributed by atoms with van der Waals surface area (Å²) in [6.07, 6.45) is 1.38. The monoisotopic (exact) mass is 396 g/mol. The molecular formula is C18H28N4O4S. The number of carbonyl (C=O) groups excluding carboxylic acids is 1. The van der Waals surface area contributed by atoms with Gasteiger partial charge in [-0.05, 0) is 44.2 Å². The van der Waals surface area contributed by atoms with Crippen LogP contribution in [0.4, 0.5) is 0 Å². The summed E-state index contributed by atoms with van der Waals surface area (Å²) >= 11 is 0. The predicted molar refractivity (Wildman–Crippen MR) is 102 cm³/mol. The van der Waals surface area contributed by atoms with Crippen LogP contribution in [0.25, 0.3) is 0 Å². The van der Waals surface area contributed by atoms with Crippen molar-refractivity contribution in [2.75, 3.05) is 53.4 Å². The minimum atomic E-state index is -3.62. The standard InChI is InChI=1S/C18H28N4O4S/c1-20-10-12-21(13-11-20)19-18(23)15-4-3-9-22(14-15)27(24,25)17-7-5-16(26-2)6-8-17/h5-8,15H,3-4,9-14H2,1-2H3,(H,19,23)/t15-/m1/s1. The summed E-state index contributed by atoms with van der Waals surface area (Å²) in [4.78, 5) is 15.1. The fourth-order valence-electron chi connectivity index (χ4n) is 3.44. The number of rotatable bonds is 5. The van der Waals surface area contributed by atoms with Crippen molar-refractivity contribution in [3.8, 4) is 5.75 Å². The maximum absolute atomic E-state index is 12.9. The molecule has 0 aliphatic carbocycles. The number of amides is 1. The lowest BCUT2D eigenvalue weighted by atomic mass is 9.99. The SMILES string of the molecule is COc1ccc(S(=O)(=O)N2CCC[C@@H](C(=O)NN3CCN(C)CC3)C2)cc1. The average molecular weight is 397 g/mol. The van der Waals surface area contributed by atoms with Crippen LogP contribution in [0, 0.1) is 5.92 Å². The summed E-state index contributed by atoms with van der Waals surface area (Å²) in [6, 6.07) is 6.35. The smallest absolute Gasteiger partial charge is 0.243 e. The minimum Gasteiger partial charge on any atom is -0.497 e. The third kappa shape index (κ3) is 4.78. The average Bonchev–Trinajstić information content (AvgIpc) is 2.70.